The number of Topliss-reactive ketones (excluding diaryl/α,β-unsaturated/α-hetero) is 1. The Bertz CT molecular complexity index is 1130. The fourth-order valence-electron chi connectivity index (χ4n) is 3.55. The van der Waals surface area contributed by atoms with Gasteiger partial charge < -0.3 is 15.4 Å². The highest BCUT2D eigenvalue weighted by molar-refractivity contribution is 6.03. The van der Waals surface area contributed by atoms with Crippen molar-refractivity contribution < 1.29 is 23.1 Å². The van der Waals surface area contributed by atoms with E-state index in [1.54, 1.807) is 19.2 Å². The maximum absolute atomic E-state index is 14.6. The molecule has 0 amide bonds. The second-order valence-corrected chi connectivity index (χ2v) is 6.66. The molecule has 1 fully saturated rings. The summed E-state index contributed by atoms with van der Waals surface area (Å²) in [5, 5.41) is 4.34. The molecule has 0 radical (unpaired) electrons. The molecule has 1 saturated heterocycles. The SMILES string of the molecule is CCOC(=O)c1c(N2CC(=O)CC2(N)c2cc(F)ccc2F)nn2cccnc12. The normalized spacial score (nSPS) is 19.2. The predicted molar refractivity (Wildman–Crippen MR) is 98.1 cm³/mol. The minimum atomic E-state index is -1.73. The summed E-state index contributed by atoms with van der Waals surface area (Å²) in [7, 11) is 0. The summed E-state index contributed by atoms with van der Waals surface area (Å²) in [6, 6.07) is 4.45. The number of halogens is 2. The number of fused-ring (bicyclic) bond motifs is 1. The molecule has 1 unspecified atom stereocenters. The number of benzene rings is 1. The highest BCUT2D eigenvalue weighted by Crippen LogP contribution is 2.39. The quantitative estimate of drug-likeness (QED) is 0.665. The summed E-state index contributed by atoms with van der Waals surface area (Å²) < 4.78 is 34.9. The number of nitrogens with zero attached hydrogens (tertiary/aromatic N) is 4. The molecule has 1 aliphatic heterocycles. The summed E-state index contributed by atoms with van der Waals surface area (Å²) in [5.74, 6) is -2.48. The van der Waals surface area contributed by atoms with Crippen molar-refractivity contribution in [3.63, 3.8) is 0 Å². The van der Waals surface area contributed by atoms with E-state index in [0.717, 1.165) is 18.2 Å². The molecule has 0 bridgehead atoms. The fraction of sp³-hybridized carbons (Fsp3) is 0.263. The maximum Gasteiger partial charge on any atom is 0.345 e. The molecule has 8 nitrogen and oxygen atoms in total. The number of nitrogens with two attached hydrogens (primary N) is 1. The first kappa shape index (κ1) is 18.9. The van der Waals surface area contributed by atoms with Gasteiger partial charge in [0.15, 0.2) is 17.2 Å². The van der Waals surface area contributed by atoms with Gasteiger partial charge in [0.25, 0.3) is 0 Å². The maximum atomic E-state index is 14.6. The van der Waals surface area contributed by atoms with Crippen LogP contribution in [-0.2, 0) is 15.2 Å². The number of carbonyl (C=O) groups excluding carboxylic acids is 2. The Hall–Kier alpha value is -3.40. The molecule has 0 saturated carbocycles. The van der Waals surface area contributed by atoms with Gasteiger partial charge in [-0.15, -0.1) is 5.10 Å². The first-order valence-electron chi connectivity index (χ1n) is 8.89. The van der Waals surface area contributed by atoms with Gasteiger partial charge in [-0.2, -0.15) is 0 Å². The molecular weight excluding hydrogens is 384 g/mol. The van der Waals surface area contributed by atoms with Crippen LogP contribution in [0.2, 0.25) is 0 Å². The van der Waals surface area contributed by atoms with E-state index in [9.17, 15) is 18.4 Å². The monoisotopic (exact) mass is 401 g/mol. The van der Waals surface area contributed by atoms with Crippen molar-refractivity contribution in [2.75, 3.05) is 18.1 Å². The van der Waals surface area contributed by atoms with Crippen molar-refractivity contribution in [2.24, 2.45) is 5.73 Å². The minimum absolute atomic E-state index is 0.00575. The lowest BCUT2D eigenvalue weighted by atomic mass is 9.96. The minimum Gasteiger partial charge on any atom is -0.462 e. The molecule has 29 heavy (non-hydrogen) atoms. The molecule has 150 valence electrons. The van der Waals surface area contributed by atoms with Gasteiger partial charge in [0.05, 0.1) is 13.2 Å². The Morgan fingerprint density at radius 3 is 2.93 bits per heavy atom. The summed E-state index contributed by atoms with van der Waals surface area (Å²) in [4.78, 5) is 30.4. The zero-order valence-corrected chi connectivity index (χ0v) is 15.4. The van der Waals surface area contributed by atoms with Crippen LogP contribution in [0.4, 0.5) is 14.6 Å². The second kappa shape index (κ2) is 6.89. The van der Waals surface area contributed by atoms with Gasteiger partial charge in [-0.1, -0.05) is 0 Å². The van der Waals surface area contributed by atoms with Gasteiger partial charge in [0.1, 0.15) is 22.9 Å². The van der Waals surface area contributed by atoms with Gasteiger partial charge in [0.2, 0.25) is 0 Å². The highest BCUT2D eigenvalue weighted by atomic mass is 19.1. The smallest absolute Gasteiger partial charge is 0.345 e. The number of ketones is 1. The number of aromatic nitrogens is 3. The Morgan fingerprint density at radius 1 is 1.38 bits per heavy atom. The third-order valence-corrected chi connectivity index (χ3v) is 4.79. The van der Waals surface area contributed by atoms with Crippen LogP contribution < -0.4 is 10.6 Å². The highest BCUT2D eigenvalue weighted by Gasteiger charge is 2.48. The van der Waals surface area contributed by atoms with Gasteiger partial charge in [0, 0.05) is 24.4 Å². The van der Waals surface area contributed by atoms with Crippen molar-refractivity contribution in [1.29, 1.82) is 0 Å². The van der Waals surface area contributed by atoms with Crippen molar-refractivity contribution >= 4 is 23.2 Å². The number of rotatable bonds is 4. The van der Waals surface area contributed by atoms with Crippen LogP contribution in [0.3, 0.4) is 0 Å². The number of hydrogen-bond donors (Lipinski definition) is 1. The van der Waals surface area contributed by atoms with Crippen LogP contribution in [0.5, 0.6) is 0 Å². The van der Waals surface area contributed by atoms with Gasteiger partial charge in [-0.05, 0) is 31.2 Å². The Morgan fingerprint density at radius 2 is 2.17 bits per heavy atom. The molecule has 1 aromatic carbocycles. The van der Waals surface area contributed by atoms with E-state index in [2.05, 4.69) is 10.1 Å². The third-order valence-electron chi connectivity index (χ3n) is 4.79. The van der Waals surface area contributed by atoms with Crippen LogP contribution in [0.1, 0.15) is 29.3 Å². The molecule has 0 aliphatic carbocycles. The van der Waals surface area contributed by atoms with Crippen molar-refractivity contribution in [3.05, 3.63) is 59.4 Å². The molecule has 0 spiro atoms. The molecule has 4 rings (SSSR count). The van der Waals surface area contributed by atoms with E-state index in [-0.39, 0.29) is 47.9 Å². The molecule has 1 aliphatic rings. The van der Waals surface area contributed by atoms with E-state index in [4.69, 9.17) is 10.5 Å². The third kappa shape index (κ3) is 3.01. The molecular formula is C19H17F2N5O3. The molecule has 2 aromatic heterocycles. The summed E-state index contributed by atoms with van der Waals surface area (Å²) in [6.07, 6.45) is 2.75. The van der Waals surface area contributed by atoms with Crippen molar-refractivity contribution in [3.8, 4) is 0 Å². The lowest BCUT2D eigenvalue weighted by Gasteiger charge is -2.35. The Labute approximate surface area is 163 Å². The van der Waals surface area contributed by atoms with Crippen LogP contribution in [0.25, 0.3) is 5.65 Å². The molecule has 3 aromatic rings. The Kier molecular flexibility index (Phi) is 4.50. The van der Waals surface area contributed by atoms with Crippen LogP contribution in [0.15, 0.2) is 36.7 Å². The van der Waals surface area contributed by atoms with Crippen LogP contribution in [-0.4, -0.2) is 39.5 Å². The molecule has 1 atom stereocenters. The van der Waals surface area contributed by atoms with Gasteiger partial charge in [-0.3, -0.25) is 4.79 Å². The lowest BCUT2D eigenvalue weighted by Crippen LogP contribution is -2.50. The van der Waals surface area contributed by atoms with E-state index in [1.807, 2.05) is 0 Å². The standard InChI is InChI=1S/C19H17F2N5O3/c1-2-29-18(28)15-16-23-6-3-7-26(16)24-17(15)25-10-12(27)9-19(25,22)13-8-11(20)4-5-14(13)21/h3-8H,2,9-10,22H2,1H3. The number of anilines is 1. The van der Waals surface area contributed by atoms with Gasteiger partial charge in [-0.25, -0.2) is 23.1 Å². The topological polar surface area (TPSA) is 103 Å². The summed E-state index contributed by atoms with van der Waals surface area (Å²) in [5.41, 5.74) is 4.71. The number of hydrogen-bond acceptors (Lipinski definition) is 7. The van der Waals surface area contributed by atoms with E-state index < -0.39 is 23.3 Å². The summed E-state index contributed by atoms with van der Waals surface area (Å²) in [6.45, 7) is 1.52. The largest absolute Gasteiger partial charge is 0.462 e. The lowest BCUT2D eigenvalue weighted by molar-refractivity contribution is -0.116. The zero-order valence-electron chi connectivity index (χ0n) is 15.4. The molecule has 3 heterocycles. The first-order valence-corrected chi connectivity index (χ1v) is 8.89. The average Bonchev–Trinajstić information content (AvgIpc) is 3.21. The number of ether oxygens (including phenoxy) is 1. The van der Waals surface area contributed by atoms with Crippen LogP contribution >= 0.6 is 0 Å². The van der Waals surface area contributed by atoms with E-state index >= 15 is 0 Å². The average molecular weight is 401 g/mol. The predicted octanol–water partition coefficient (Wildman–Crippen LogP) is 1.78. The van der Waals surface area contributed by atoms with Crippen molar-refractivity contribution in [1.82, 2.24) is 14.6 Å². The first-order chi connectivity index (χ1) is 13.8. The Balaban J connectivity index is 1.94. The molecule has 2 N–H and O–H groups in total. The number of carbonyl (C=O) groups is 2. The van der Waals surface area contributed by atoms with Crippen LogP contribution in [0, 0.1) is 11.6 Å². The zero-order chi connectivity index (χ0) is 20.8. The second-order valence-electron chi connectivity index (χ2n) is 6.66. The summed E-state index contributed by atoms with van der Waals surface area (Å²) >= 11 is 0. The van der Waals surface area contributed by atoms with E-state index in [1.165, 1.54) is 15.6 Å². The fourth-order valence-corrected chi connectivity index (χ4v) is 3.55. The van der Waals surface area contributed by atoms with Crippen molar-refractivity contribution in [2.45, 2.75) is 19.0 Å². The van der Waals surface area contributed by atoms with Gasteiger partial charge >= 0.3 is 5.97 Å². The molecule has 10 heteroatoms. The number of esters is 1. The van der Waals surface area contributed by atoms with E-state index in [0.29, 0.717) is 0 Å².